The number of hydrogen-bond acceptors (Lipinski definition) is 4. The van der Waals surface area contributed by atoms with Gasteiger partial charge in [0.15, 0.2) is 0 Å². The molecule has 0 aromatic carbocycles. The molecule has 8 heteroatoms. The lowest BCUT2D eigenvalue weighted by Crippen LogP contribution is -2.54. The third kappa shape index (κ3) is 3.70. The summed E-state index contributed by atoms with van der Waals surface area (Å²) in [5, 5.41) is 9.27. The van der Waals surface area contributed by atoms with Gasteiger partial charge in [0.2, 0.25) is 0 Å². The normalized spacial score (nSPS) is 27.5. The van der Waals surface area contributed by atoms with Gasteiger partial charge >= 0.3 is 5.97 Å². The Hall–Kier alpha value is -0.700. The predicted octanol–water partition coefficient (Wildman–Crippen LogP) is 0.590. The lowest BCUT2D eigenvalue weighted by molar-refractivity contribution is -0.144. The number of carboxylic acid groups (broad SMARTS) is 1. The Bertz CT molecular complexity index is 531. The molecule has 0 bridgehead atoms. The molecule has 132 valence electrons. The molecule has 3 fully saturated rings. The second-order valence-electron chi connectivity index (χ2n) is 7.08. The maximum absolute atomic E-state index is 12.7. The van der Waals surface area contributed by atoms with Crippen LogP contribution in [0.1, 0.15) is 38.5 Å². The topological polar surface area (TPSA) is 81.2 Å². The van der Waals surface area contributed by atoms with Crippen molar-refractivity contribution in [2.45, 2.75) is 38.5 Å². The van der Waals surface area contributed by atoms with Crippen LogP contribution in [0.4, 0.5) is 0 Å². The maximum atomic E-state index is 12.7. The number of carbonyl (C=O) groups is 1. The number of rotatable bonds is 5. The van der Waals surface area contributed by atoms with Crippen LogP contribution in [0.25, 0.3) is 0 Å². The first-order valence-electron chi connectivity index (χ1n) is 8.65. The van der Waals surface area contributed by atoms with Gasteiger partial charge in [0.05, 0.1) is 5.41 Å². The van der Waals surface area contributed by atoms with Crippen LogP contribution in [-0.2, 0) is 15.0 Å². The molecule has 0 unspecified atom stereocenters. The summed E-state index contributed by atoms with van der Waals surface area (Å²) >= 11 is 0. The van der Waals surface area contributed by atoms with E-state index < -0.39 is 21.6 Å². The standard InChI is InChI=1S/C15H27N3O4S/c19-14(20)15(5-6-15)13-16-9-11-18(12-10-16)23(21,22)17-7-3-1-2-4-8-17/h1-13H2,(H,19,20). The molecular weight excluding hydrogens is 318 g/mol. The van der Waals surface area contributed by atoms with Crippen molar-refractivity contribution in [2.24, 2.45) is 5.41 Å². The minimum atomic E-state index is -3.35. The minimum Gasteiger partial charge on any atom is -0.481 e. The van der Waals surface area contributed by atoms with Crippen molar-refractivity contribution < 1.29 is 18.3 Å². The van der Waals surface area contributed by atoms with Crippen LogP contribution in [0.2, 0.25) is 0 Å². The molecule has 0 atom stereocenters. The Kier molecular flexibility index (Phi) is 4.96. The van der Waals surface area contributed by atoms with Gasteiger partial charge in [0.1, 0.15) is 0 Å². The highest BCUT2D eigenvalue weighted by Crippen LogP contribution is 2.46. The molecule has 0 aromatic rings. The molecule has 0 spiro atoms. The van der Waals surface area contributed by atoms with Crippen molar-refractivity contribution >= 4 is 16.2 Å². The summed E-state index contributed by atoms with van der Waals surface area (Å²) in [4.78, 5) is 13.4. The Balaban J connectivity index is 1.54. The molecule has 1 saturated carbocycles. The molecule has 1 N–H and O–H groups in total. The number of aliphatic carboxylic acids is 1. The molecule has 0 radical (unpaired) electrons. The molecule has 0 amide bonds. The van der Waals surface area contributed by atoms with Gasteiger partial charge in [-0.25, -0.2) is 0 Å². The highest BCUT2D eigenvalue weighted by Gasteiger charge is 2.51. The zero-order valence-corrected chi connectivity index (χ0v) is 14.4. The van der Waals surface area contributed by atoms with Crippen molar-refractivity contribution in [3.05, 3.63) is 0 Å². The zero-order chi connectivity index (χ0) is 16.5. The van der Waals surface area contributed by atoms with E-state index >= 15 is 0 Å². The quantitative estimate of drug-likeness (QED) is 0.789. The lowest BCUT2D eigenvalue weighted by Gasteiger charge is -2.37. The molecule has 7 nitrogen and oxygen atoms in total. The maximum Gasteiger partial charge on any atom is 0.310 e. The van der Waals surface area contributed by atoms with E-state index in [0.29, 0.717) is 45.8 Å². The third-order valence-electron chi connectivity index (χ3n) is 5.38. The zero-order valence-electron chi connectivity index (χ0n) is 13.6. The third-order valence-corrected chi connectivity index (χ3v) is 7.42. The highest BCUT2D eigenvalue weighted by atomic mass is 32.2. The van der Waals surface area contributed by atoms with E-state index in [1.165, 1.54) is 0 Å². The summed E-state index contributed by atoms with van der Waals surface area (Å²) in [6.07, 6.45) is 5.60. The van der Waals surface area contributed by atoms with Crippen molar-refractivity contribution in [1.29, 1.82) is 0 Å². The Morgan fingerprint density at radius 3 is 1.87 bits per heavy atom. The average molecular weight is 345 g/mol. The molecule has 23 heavy (non-hydrogen) atoms. The molecule has 0 aromatic heterocycles. The number of hydrogen-bond donors (Lipinski definition) is 1. The summed E-state index contributed by atoms with van der Waals surface area (Å²) in [5.74, 6) is -0.711. The molecule has 3 aliphatic rings. The summed E-state index contributed by atoms with van der Waals surface area (Å²) in [6, 6.07) is 0. The van der Waals surface area contributed by atoms with Crippen LogP contribution in [0.3, 0.4) is 0 Å². The van der Waals surface area contributed by atoms with Gasteiger partial charge in [0, 0.05) is 45.8 Å². The van der Waals surface area contributed by atoms with E-state index in [-0.39, 0.29) is 0 Å². The van der Waals surface area contributed by atoms with Crippen molar-refractivity contribution in [1.82, 2.24) is 13.5 Å². The van der Waals surface area contributed by atoms with E-state index in [9.17, 15) is 18.3 Å². The average Bonchev–Trinajstić information content (AvgIpc) is 3.32. The predicted molar refractivity (Wildman–Crippen MR) is 86.3 cm³/mol. The fourth-order valence-electron chi connectivity index (χ4n) is 3.57. The van der Waals surface area contributed by atoms with Gasteiger partial charge in [-0.15, -0.1) is 0 Å². The molecule has 3 rings (SSSR count). The Morgan fingerprint density at radius 1 is 0.870 bits per heavy atom. The second-order valence-corrected chi connectivity index (χ2v) is 9.01. The Morgan fingerprint density at radius 2 is 1.39 bits per heavy atom. The Labute approximate surface area is 138 Å². The van der Waals surface area contributed by atoms with Gasteiger partial charge < -0.3 is 5.11 Å². The SMILES string of the molecule is O=C(O)C1(CN2CCN(S(=O)(=O)N3CCCCCC3)CC2)CC1. The van der Waals surface area contributed by atoms with E-state index in [0.717, 1.165) is 38.5 Å². The van der Waals surface area contributed by atoms with Gasteiger partial charge in [-0.3, -0.25) is 9.69 Å². The van der Waals surface area contributed by atoms with E-state index in [2.05, 4.69) is 4.90 Å². The van der Waals surface area contributed by atoms with Crippen LogP contribution < -0.4 is 0 Å². The minimum absolute atomic E-state index is 0.467. The van der Waals surface area contributed by atoms with Crippen molar-refractivity contribution in [2.75, 3.05) is 45.8 Å². The van der Waals surface area contributed by atoms with Crippen LogP contribution in [-0.4, -0.2) is 78.8 Å². The summed E-state index contributed by atoms with van der Waals surface area (Å²) in [6.45, 7) is 4.00. The van der Waals surface area contributed by atoms with Crippen LogP contribution in [0.15, 0.2) is 0 Å². The molecular formula is C15H27N3O4S. The molecule has 2 heterocycles. The van der Waals surface area contributed by atoms with Gasteiger partial charge in [0.25, 0.3) is 10.2 Å². The first kappa shape index (κ1) is 17.1. The van der Waals surface area contributed by atoms with E-state index in [1.807, 2.05) is 0 Å². The van der Waals surface area contributed by atoms with E-state index in [4.69, 9.17) is 0 Å². The highest BCUT2D eigenvalue weighted by molar-refractivity contribution is 7.86. The first-order chi connectivity index (χ1) is 10.9. The van der Waals surface area contributed by atoms with Gasteiger partial charge in [-0.2, -0.15) is 17.0 Å². The lowest BCUT2D eigenvalue weighted by atomic mass is 10.1. The second kappa shape index (κ2) is 6.66. The monoisotopic (exact) mass is 345 g/mol. The summed E-state index contributed by atoms with van der Waals surface area (Å²) in [7, 11) is -3.35. The molecule has 1 aliphatic carbocycles. The van der Waals surface area contributed by atoms with Crippen LogP contribution in [0, 0.1) is 5.41 Å². The van der Waals surface area contributed by atoms with Crippen molar-refractivity contribution in [3.8, 4) is 0 Å². The van der Waals surface area contributed by atoms with Crippen LogP contribution in [0.5, 0.6) is 0 Å². The summed E-state index contributed by atoms with van der Waals surface area (Å²) in [5.41, 5.74) is -0.564. The van der Waals surface area contributed by atoms with Gasteiger partial charge in [-0.05, 0) is 25.7 Å². The summed E-state index contributed by atoms with van der Waals surface area (Å²) < 4.78 is 28.7. The van der Waals surface area contributed by atoms with Crippen LogP contribution >= 0.6 is 0 Å². The van der Waals surface area contributed by atoms with E-state index in [1.54, 1.807) is 8.61 Å². The largest absolute Gasteiger partial charge is 0.481 e. The first-order valence-corrected chi connectivity index (χ1v) is 10.0. The molecule has 2 saturated heterocycles. The fraction of sp³-hybridized carbons (Fsp3) is 0.933. The number of carboxylic acids is 1. The smallest absolute Gasteiger partial charge is 0.310 e. The number of piperazine rings is 1. The van der Waals surface area contributed by atoms with Crippen molar-refractivity contribution in [3.63, 3.8) is 0 Å². The fourth-order valence-corrected chi connectivity index (χ4v) is 5.24. The number of nitrogens with zero attached hydrogens (tertiary/aromatic N) is 3. The molecule has 2 aliphatic heterocycles. The van der Waals surface area contributed by atoms with Gasteiger partial charge in [-0.1, -0.05) is 12.8 Å².